The van der Waals surface area contributed by atoms with Crippen LogP contribution in [0.5, 0.6) is 17.2 Å². The summed E-state index contributed by atoms with van der Waals surface area (Å²) in [7, 11) is 1.50. The number of fused-ring (bicyclic) bond motifs is 1. The van der Waals surface area contributed by atoms with Crippen LogP contribution in [0.1, 0.15) is 24.3 Å². The van der Waals surface area contributed by atoms with Crippen molar-refractivity contribution in [3.63, 3.8) is 0 Å². The Hall–Kier alpha value is -1.49. The first-order valence-corrected chi connectivity index (χ1v) is 6.68. The van der Waals surface area contributed by atoms with Gasteiger partial charge in [0.1, 0.15) is 13.2 Å². The third-order valence-electron chi connectivity index (χ3n) is 3.74. The van der Waals surface area contributed by atoms with E-state index in [2.05, 4.69) is 5.32 Å². The summed E-state index contributed by atoms with van der Waals surface area (Å²) in [5.74, 6) is 0.852. The van der Waals surface area contributed by atoms with Crippen molar-refractivity contribution in [2.45, 2.75) is 18.8 Å². The summed E-state index contributed by atoms with van der Waals surface area (Å²) in [5, 5.41) is 3.31. The normalized spacial score (nSPS) is 19.3. The lowest BCUT2D eigenvalue weighted by molar-refractivity contribution is 0.161. The van der Waals surface area contributed by atoms with Crippen molar-refractivity contribution in [3.8, 4) is 17.2 Å². The van der Waals surface area contributed by atoms with Crippen molar-refractivity contribution in [2.24, 2.45) is 0 Å². The highest BCUT2D eigenvalue weighted by Gasteiger charge is 2.28. The molecule has 0 spiro atoms. The van der Waals surface area contributed by atoms with Crippen LogP contribution in [-0.2, 0) is 0 Å². The molecule has 3 rings (SSSR count). The van der Waals surface area contributed by atoms with Crippen molar-refractivity contribution < 1.29 is 18.6 Å². The zero-order valence-corrected chi connectivity index (χ0v) is 11.0. The van der Waals surface area contributed by atoms with Crippen LogP contribution in [0, 0.1) is 5.82 Å². The largest absolute Gasteiger partial charge is 0.493 e. The molecule has 2 heterocycles. The first kappa shape index (κ1) is 12.5. The summed E-state index contributed by atoms with van der Waals surface area (Å²) in [5.41, 5.74) is 0.894. The van der Waals surface area contributed by atoms with Crippen molar-refractivity contribution in [1.82, 2.24) is 5.32 Å². The van der Waals surface area contributed by atoms with E-state index in [1.807, 2.05) is 6.07 Å². The molecule has 1 aromatic carbocycles. The third kappa shape index (κ3) is 2.23. The van der Waals surface area contributed by atoms with Gasteiger partial charge in [0.25, 0.3) is 0 Å². The average Bonchev–Trinajstić information content (AvgIpc) is 2.48. The van der Waals surface area contributed by atoms with Crippen molar-refractivity contribution in [1.29, 1.82) is 0 Å². The molecule has 0 atom stereocenters. The quantitative estimate of drug-likeness (QED) is 0.890. The summed E-state index contributed by atoms with van der Waals surface area (Å²) in [6, 6.07) is 1.88. The minimum Gasteiger partial charge on any atom is -0.493 e. The molecular weight excluding hydrogens is 249 g/mol. The summed E-state index contributed by atoms with van der Waals surface area (Å²) >= 11 is 0. The summed E-state index contributed by atoms with van der Waals surface area (Å²) in [6.07, 6.45) is 1.96. The number of nitrogens with one attached hydrogen (secondary N) is 1. The molecule has 1 aromatic rings. The first-order valence-electron chi connectivity index (χ1n) is 6.68. The fraction of sp³-hybridized carbons (Fsp3) is 0.571. The number of hydrogen-bond donors (Lipinski definition) is 1. The molecule has 0 amide bonds. The second kappa shape index (κ2) is 5.25. The minimum atomic E-state index is -0.437. The van der Waals surface area contributed by atoms with Crippen molar-refractivity contribution in [2.75, 3.05) is 33.4 Å². The van der Waals surface area contributed by atoms with Gasteiger partial charge in [0, 0.05) is 5.56 Å². The maximum Gasteiger partial charge on any atom is 0.210 e. The van der Waals surface area contributed by atoms with E-state index >= 15 is 0 Å². The van der Waals surface area contributed by atoms with Crippen LogP contribution in [0.4, 0.5) is 4.39 Å². The van der Waals surface area contributed by atoms with Crippen LogP contribution in [-0.4, -0.2) is 33.4 Å². The first-order chi connectivity index (χ1) is 9.31. The van der Waals surface area contributed by atoms with Gasteiger partial charge >= 0.3 is 0 Å². The van der Waals surface area contributed by atoms with Gasteiger partial charge in [0.2, 0.25) is 11.6 Å². The number of piperidine rings is 1. The van der Waals surface area contributed by atoms with E-state index in [1.54, 1.807) is 0 Å². The standard InChI is InChI=1S/C14H18FNO3/c1-17-13-10(9-2-4-16-5-3-9)8-11-14(12(13)15)19-7-6-18-11/h8-9,16H,2-7H2,1H3. The summed E-state index contributed by atoms with van der Waals surface area (Å²) < 4.78 is 30.5. The molecule has 2 aliphatic rings. The maximum atomic E-state index is 14.4. The highest BCUT2D eigenvalue weighted by molar-refractivity contribution is 5.54. The third-order valence-corrected chi connectivity index (χ3v) is 3.74. The minimum absolute atomic E-state index is 0.181. The highest BCUT2D eigenvalue weighted by atomic mass is 19.1. The number of rotatable bonds is 2. The second-order valence-electron chi connectivity index (χ2n) is 4.86. The molecule has 19 heavy (non-hydrogen) atoms. The van der Waals surface area contributed by atoms with Crippen LogP contribution in [0.3, 0.4) is 0 Å². The zero-order valence-electron chi connectivity index (χ0n) is 11.0. The van der Waals surface area contributed by atoms with E-state index in [0.717, 1.165) is 31.5 Å². The van der Waals surface area contributed by atoms with Gasteiger partial charge in [-0.1, -0.05) is 0 Å². The number of halogens is 1. The predicted molar refractivity (Wildman–Crippen MR) is 68.8 cm³/mol. The van der Waals surface area contributed by atoms with Crippen LogP contribution < -0.4 is 19.5 Å². The van der Waals surface area contributed by atoms with Crippen LogP contribution in [0.25, 0.3) is 0 Å². The molecule has 0 saturated carbocycles. The molecule has 0 unspecified atom stereocenters. The van der Waals surface area contributed by atoms with Gasteiger partial charge < -0.3 is 19.5 Å². The number of methoxy groups -OCH3 is 1. The van der Waals surface area contributed by atoms with Gasteiger partial charge in [-0.25, -0.2) is 0 Å². The lowest BCUT2D eigenvalue weighted by Gasteiger charge is -2.27. The second-order valence-corrected chi connectivity index (χ2v) is 4.86. The molecule has 0 aromatic heterocycles. The monoisotopic (exact) mass is 267 g/mol. The van der Waals surface area contributed by atoms with Crippen molar-refractivity contribution >= 4 is 0 Å². The lowest BCUT2D eigenvalue weighted by Crippen LogP contribution is -2.27. The Bertz CT molecular complexity index is 472. The highest BCUT2D eigenvalue weighted by Crippen LogP contribution is 2.44. The Labute approximate surface area is 111 Å². The molecule has 104 valence electrons. The fourth-order valence-electron chi connectivity index (χ4n) is 2.79. The Balaban J connectivity index is 2.04. The van der Waals surface area contributed by atoms with E-state index in [1.165, 1.54) is 7.11 Å². The van der Waals surface area contributed by atoms with Gasteiger partial charge in [-0.3, -0.25) is 0 Å². The Morgan fingerprint density at radius 1 is 1.26 bits per heavy atom. The van der Waals surface area contributed by atoms with Gasteiger partial charge in [0.15, 0.2) is 11.5 Å². The molecule has 2 aliphatic heterocycles. The van der Waals surface area contributed by atoms with E-state index in [-0.39, 0.29) is 5.75 Å². The van der Waals surface area contributed by atoms with E-state index in [9.17, 15) is 4.39 Å². The topological polar surface area (TPSA) is 39.7 Å². The smallest absolute Gasteiger partial charge is 0.210 e. The maximum absolute atomic E-state index is 14.4. The van der Waals surface area contributed by atoms with E-state index in [4.69, 9.17) is 14.2 Å². The Morgan fingerprint density at radius 3 is 2.74 bits per heavy atom. The molecule has 1 fully saturated rings. The number of benzene rings is 1. The predicted octanol–water partition coefficient (Wildman–Crippen LogP) is 2.07. The molecule has 1 saturated heterocycles. The van der Waals surface area contributed by atoms with Crippen LogP contribution >= 0.6 is 0 Å². The van der Waals surface area contributed by atoms with Gasteiger partial charge in [-0.15, -0.1) is 0 Å². The Kier molecular flexibility index (Phi) is 3.46. The summed E-state index contributed by atoms with van der Waals surface area (Å²) in [4.78, 5) is 0. The average molecular weight is 267 g/mol. The molecule has 0 bridgehead atoms. The van der Waals surface area contributed by atoms with Crippen molar-refractivity contribution in [3.05, 3.63) is 17.4 Å². The van der Waals surface area contributed by atoms with Crippen LogP contribution in [0.2, 0.25) is 0 Å². The lowest BCUT2D eigenvalue weighted by atomic mass is 9.89. The van der Waals surface area contributed by atoms with Gasteiger partial charge in [-0.05, 0) is 37.9 Å². The van der Waals surface area contributed by atoms with Gasteiger partial charge in [0.05, 0.1) is 7.11 Å². The van der Waals surface area contributed by atoms with E-state index in [0.29, 0.717) is 30.6 Å². The van der Waals surface area contributed by atoms with Crippen LogP contribution in [0.15, 0.2) is 6.07 Å². The molecule has 0 radical (unpaired) electrons. The molecule has 5 heteroatoms. The number of ether oxygens (including phenoxy) is 3. The Morgan fingerprint density at radius 2 is 2.00 bits per heavy atom. The molecular formula is C14H18FNO3. The molecule has 0 aliphatic carbocycles. The fourth-order valence-corrected chi connectivity index (χ4v) is 2.79. The van der Waals surface area contributed by atoms with E-state index < -0.39 is 5.82 Å². The molecule has 4 nitrogen and oxygen atoms in total. The van der Waals surface area contributed by atoms with Gasteiger partial charge in [-0.2, -0.15) is 4.39 Å². The summed E-state index contributed by atoms with van der Waals surface area (Å²) in [6.45, 7) is 2.73. The SMILES string of the molecule is COc1c(C2CCNCC2)cc2c(c1F)OCCO2. The molecule has 1 N–H and O–H groups in total. The number of hydrogen-bond acceptors (Lipinski definition) is 4. The zero-order chi connectivity index (χ0) is 13.2.